The van der Waals surface area contributed by atoms with Crippen molar-refractivity contribution >= 4 is 133 Å². The normalized spacial score (nSPS) is 13.4. The summed E-state index contributed by atoms with van der Waals surface area (Å²) in [4.78, 5) is 5.47. The average molecular weight is 1400 g/mol. The van der Waals surface area contributed by atoms with Crippen LogP contribution >= 0.6 is 0 Å². The Balaban J connectivity index is 0.839. The quantitative estimate of drug-likeness (QED) is 0.141. The van der Waals surface area contributed by atoms with E-state index in [1.807, 2.05) is 0 Å². The Hall–Kier alpha value is -14.0. The van der Waals surface area contributed by atoms with Crippen molar-refractivity contribution in [1.29, 1.82) is 0 Å². The highest BCUT2D eigenvalue weighted by atomic mass is 15.2. The highest BCUT2D eigenvalue weighted by Gasteiger charge is 2.47. The number of aromatic nitrogens is 2. The van der Waals surface area contributed by atoms with Crippen LogP contribution in [-0.2, 0) is 5.41 Å². The molecule has 0 N–H and O–H groups in total. The Morgan fingerprint density at radius 2 is 0.536 bits per heavy atom. The first kappa shape index (κ1) is 61.2. The molecule has 17 aromatic carbocycles. The minimum absolute atomic E-state index is 0.235. The average Bonchev–Trinajstić information content (AvgIpc) is 0.819. The van der Waals surface area contributed by atoms with Gasteiger partial charge in [-0.25, -0.2) is 0 Å². The molecule has 110 heavy (non-hydrogen) atoms. The number of rotatable bonds is 8. The van der Waals surface area contributed by atoms with Crippen LogP contribution in [0.1, 0.15) is 25.0 Å². The lowest BCUT2D eigenvalue weighted by Gasteiger charge is -2.46. The molecule has 0 unspecified atom stereocenters. The standard InChI is InChI=1S/C105H67BN4/c1-105(2)76-48-42-69(43-49-76)87-59-75(65-26-10-4-11-27-65)58-86(68-32-16-7-17-33-68)104(87)110-97-61-73(71-47-53-95-89(55-71)83-39-23-37-81-79-35-19-21-41-93(79)108(95)102(81)83)45-51-91(97)106-90-50-44-72(70-46-52-94-88(54-70)82-38-22-36-80-78-34-18-20-40-92(78)107(94)101(80)82)60-96(90)109(98-62-77(105)63-99(110)100(98)106)103-84(66-28-12-5-13-29-66)56-74(64-24-8-3-9-25-64)57-85(103)67-30-14-6-15-31-67/h3-63H,1-2H3. The van der Waals surface area contributed by atoms with Crippen LogP contribution in [0.5, 0.6) is 0 Å². The summed E-state index contributed by atoms with van der Waals surface area (Å²) < 4.78 is 4.99. The van der Waals surface area contributed by atoms with Crippen molar-refractivity contribution in [3.8, 4) is 89.0 Å². The Kier molecular flexibility index (Phi) is 12.8. The topological polar surface area (TPSA) is 15.3 Å². The summed E-state index contributed by atoms with van der Waals surface area (Å²) in [6, 6.07) is 141. The summed E-state index contributed by atoms with van der Waals surface area (Å²) in [6.45, 7) is 4.66. The zero-order valence-electron chi connectivity index (χ0n) is 60.6. The molecule has 0 fully saturated rings. The van der Waals surface area contributed by atoms with Gasteiger partial charge in [0.05, 0.1) is 44.5 Å². The van der Waals surface area contributed by atoms with Gasteiger partial charge in [-0.15, -0.1) is 0 Å². The number of nitrogens with zero attached hydrogens (tertiary/aromatic N) is 4. The molecule has 25 rings (SSSR count). The van der Waals surface area contributed by atoms with Gasteiger partial charge in [-0.05, 0) is 179 Å². The largest absolute Gasteiger partial charge is 0.310 e. The smallest absolute Gasteiger partial charge is 0.252 e. The van der Waals surface area contributed by atoms with Crippen molar-refractivity contribution in [1.82, 2.24) is 8.80 Å². The summed E-state index contributed by atoms with van der Waals surface area (Å²) in [6.07, 6.45) is 0. The second-order valence-corrected chi connectivity index (χ2v) is 31.0. The summed E-state index contributed by atoms with van der Waals surface area (Å²) in [5, 5.41) is 10.2. The lowest BCUT2D eigenvalue weighted by Crippen LogP contribution is -2.61. The molecule has 0 radical (unpaired) electrons. The summed E-state index contributed by atoms with van der Waals surface area (Å²) in [5.74, 6) is 0. The van der Waals surface area contributed by atoms with E-state index in [1.54, 1.807) is 0 Å². The van der Waals surface area contributed by atoms with Gasteiger partial charge in [-0.3, -0.25) is 0 Å². The third kappa shape index (κ3) is 8.68. The fourth-order valence-electron chi connectivity index (χ4n) is 19.7. The molecule has 21 aromatic rings. The van der Waals surface area contributed by atoms with Gasteiger partial charge >= 0.3 is 0 Å². The second kappa shape index (κ2) is 23.0. The van der Waals surface area contributed by atoms with Gasteiger partial charge in [0.25, 0.3) is 6.71 Å². The Labute approximate surface area is 637 Å². The van der Waals surface area contributed by atoms with Gasteiger partial charge in [-0.2, -0.15) is 0 Å². The van der Waals surface area contributed by atoms with E-state index < -0.39 is 5.41 Å². The first-order valence-electron chi connectivity index (χ1n) is 38.5. The fraction of sp³-hybridized carbons (Fsp3) is 0.0286. The first-order chi connectivity index (χ1) is 54.3. The number of anilines is 6. The molecule has 0 saturated carbocycles. The van der Waals surface area contributed by atoms with Gasteiger partial charge < -0.3 is 18.6 Å². The van der Waals surface area contributed by atoms with Gasteiger partial charge in [-0.1, -0.05) is 299 Å². The molecule has 5 heteroatoms. The maximum Gasteiger partial charge on any atom is 0.252 e. The van der Waals surface area contributed by atoms with Crippen LogP contribution in [0, 0.1) is 0 Å². The third-order valence-electron chi connectivity index (χ3n) is 25.0. The number of fused-ring (bicyclic) bond motifs is 18. The van der Waals surface area contributed by atoms with Crippen molar-refractivity contribution in [2.24, 2.45) is 0 Å². The van der Waals surface area contributed by atoms with E-state index in [1.165, 1.54) is 120 Å². The number of hydrogen-bond acceptors (Lipinski definition) is 2. The molecule has 510 valence electrons. The Morgan fingerprint density at radius 3 is 0.945 bits per heavy atom. The molecule has 4 nitrogen and oxygen atoms in total. The Bertz CT molecular complexity index is 7340. The van der Waals surface area contributed by atoms with E-state index in [9.17, 15) is 0 Å². The molecule has 0 spiro atoms. The SMILES string of the molecule is CC1(C)c2ccc(cc2)-c2cc(-c3ccccc3)cc(-c3ccccc3)c2N2c3cc(-c4ccc5c(c4)c4cccc6c7ccccc7n5c64)ccc3B3c4ccc(-c5ccc6c(c5)c5cccc7c8ccccc8n6c75)cc4N(c4c(-c5ccccc5)cc(-c5ccccc5)cc4-c4ccccc4)c4cc1cc2c43. The maximum atomic E-state index is 2.74. The molecule has 4 aliphatic heterocycles. The zero-order valence-corrected chi connectivity index (χ0v) is 60.6. The lowest BCUT2D eigenvalue weighted by atomic mass is 9.33. The van der Waals surface area contributed by atoms with Crippen LogP contribution in [0.3, 0.4) is 0 Å². The predicted octanol–water partition coefficient (Wildman–Crippen LogP) is 26.0. The van der Waals surface area contributed by atoms with E-state index in [2.05, 4.69) is 402 Å². The number of hydrogen-bond donors (Lipinski definition) is 0. The van der Waals surface area contributed by atoms with Crippen LogP contribution in [0.4, 0.5) is 34.1 Å². The molecule has 4 aliphatic rings. The van der Waals surface area contributed by atoms with Crippen LogP contribution < -0.4 is 26.2 Å². The first-order valence-corrected chi connectivity index (χ1v) is 38.5. The number of benzene rings is 17. The lowest BCUT2D eigenvalue weighted by molar-refractivity contribution is 0.641. The third-order valence-corrected chi connectivity index (χ3v) is 25.0. The zero-order chi connectivity index (χ0) is 72.2. The van der Waals surface area contributed by atoms with Crippen molar-refractivity contribution in [3.63, 3.8) is 0 Å². The van der Waals surface area contributed by atoms with Crippen molar-refractivity contribution in [3.05, 3.63) is 381 Å². The van der Waals surface area contributed by atoms with E-state index in [0.29, 0.717) is 0 Å². The van der Waals surface area contributed by atoms with Gasteiger partial charge in [0.1, 0.15) is 0 Å². The molecule has 4 aromatic heterocycles. The minimum Gasteiger partial charge on any atom is -0.310 e. The van der Waals surface area contributed by atoms with Gasteiger partial charge in [0.2, 0.25) is 0 Å². The minimum atomic E-state index is -0.508. The summed E-state index contributed by atoms with van der Waals surface area (Å²) >= 11 is 0. The van der Waals surface area contributed by atoms with E-state index in [-0.39, 0.29) is 6.71 Å². The fourth-order valence-corrected chi connectivity index (χ4v) is 19.7. The summed E-state index contributed by atoms with van der Waals surface area (Å²) in [5.41, 5.74) is 38.4. The van der Waals surface area contributed by atoms with Crippen LogP contribution in [0.15, 0.2) is 370 Å². The molecule has 8 heterocycles. The van der Waals surface area contributed by atoms with E-state index >= 15 is 0 Å². The highest BCUT2D eigenvalue weighted by Crippen LogP contribution is 2.57. The molecule has 0 amide bonds. The molecular formula is C105H67BN4. The Morgan fingerprint density at radius 1 is 0.218 bits per heavy atom. The van der Waals surface area contributed by atoms with E-state index in [4.69, 9.17) is 0 Å². The van der Waals surface area contributed by atoms with Crippen molar-refractivity contribution < 1.29 is 0 Å². The second-order valence-electron chi connectivity index (χ2n) is 31.0. The van der Waals surface area contributed by atoms with Crippen LogP contribution in [0.25, 0.3) is 165 Å². The van der Waals surface area contributed by atoms with Crippen LogP contribution in [0.2, 0.25) is 0 Å². The summed E-state index contributed by atoms with van der Waals surface area (Å²) in [7, 11) is 0. The highest BCUT2D eigenvalue weighted by molar-refractivity contribution is 7.00. The van der Waals surface area contributed by atoms with Gasteiger partial charge in [0.15, 0.2) is 0 Å². The van der Waals surface area contributed by atoms with E-state index in [0.717, 1.165) is 106 Å². The molecule has 0 aliphatic carbocycles. The molecule has 4 bridgehead atoms. The van der Waals surface area contributed by atoms with Crippen molar-refractivity contribution in [2.75, 3.05) is 9.80 Å². The van der Waals surface area contributed by atoms with Crippen molar-refractivity contribution in [2.45, 2.75) is 19.3 Å². The molecule has 0 atom stereocenters. The number of para-hydroxylation sites is 4. The monoisotopic (exact) mass is 1390 g/mol. The maximum absolute atomic E-state index is 2.74. The van der Waals surface area contributed by atoms with Gasteiger partial charge in [0, 0.05) is 93.5 Å². The molecule has 0 saturated heterocycles. The predicted molar refractivity (Wildman–Crippen MR) is 465 cm³/mol. The molecular weight excluding hydrogens is 1330 g/mol. The van der Waals surface area contributed by atoms with Crippen LogP contribution in [-0.4, -0.2) is 15.5 Å².